The Morgan fingerprint density at radius 1 is 0.895 bits per heavy atom. The normalized spacial score (nSPS) is 30.0. The van der Waals surface area contributed by atoms with Gasteiger partial charge in [-0.3, -0.25) is 4.90 Å². The summed E-state index contributed by atoms with van der Waals surface area (Å²) >= 11 is 0. The van der Waals surface area contributed by atoms with Crippen LogP contribution in [0.4, 0.5) is 8.78 Å². The van der Waals surface area contributed by atoms with Crippen LogP contribution in [0.1, 0.15) is 38.5 Å². The van der Waals surface area contributed by atoms with Crippen LogP contribution in [-0.4, -0.2) is 43.0 Å². The van der Waals surface area contributed by atoms with Crippen molar-refractivity contribution in [1.29, 1.82) is 0 Å². The Labute approximate surface area is 126 Å². The fraction of sp³-hybridized carbons (Fsp3) is 1.00. The van der Waals surface area contributed by atoms with Gasteiger partial charge in [-0.05, 0) is 57.0 Å². The van der Waals surface area contributed by atoms with Gasteiger partial charge in [-0.25, -0.2) is 8.78 Å². The van der Waals surface area contributed by atoms with Gasteiger partial charge in [-0.15, -0.1) is 24.8 Å². The number of rotatable bonds is 1. The fourth-order valence-electron chi connectivity index (χ4n) is 3.84. The molecule has 0 amide bonds. The summed E-state index contributed by atoms with van der Waals surface area (Å²) in [6.45, 7) is 2.30. The average molecular weight is 317 g/mol. The minimum atomic E-state index is -2.40. The highest BCUT2D eigenvalue weighted by Crippen LogP contribution is 2.45. The van der Waals surface area contributed by atoms with Crippen LogP contribution in [-0.2, 0) is 0 Å². The molecule has 3 rings (SSSR count). The molecule has 0 aromatic heterocycles. The Morgan fingerprint density at radius 3 is 1.89 bits per heavy atom. The molecule has 6 heteroatoms. The van der Waals surface area contributed by atoms with Crippen molar-refractivity contribution < 1.29 is 8.78 Å². The van der Waals surface area contributed by atoms with E-state index in [0.29, 0.717) is 11.5 Å². The molecule has 0 radical (unpaired) electrons. The lowest BCUT2D eigenvalue weighted by atomic mass is 9.67. The number of nitrogens with one attached hydrogen (secondary N) is 1. The SMILES string of the molecule is Cl.Cl.FC1(F)CN(C2CCC3(CCNCC3)CC2)C1. The van der Waals surface area contributed by atoms with Crippen LogP contribution in [0.3, 0.4) is 0 Å². The summed E-state index contributed by atoms with van der Waals surface area (Å²) in [7, 11) is 0. The van der Waals surface area contributed by atoms with E-state index in [2.05, 4.69) is 5.32 Å². The lowest BCUT2D eigenvalue weighted by Crippen LogP contribution is -2.60. The van der Waals surface area contributed by atoms with Gasteiger partial charge >= 0.3 is 0 Å². The number of hydrogen-bond donors (Lipinski definition) is 1. The summed E-state index contributed by atoms with van der Waals surface area (Å²) in [5.41, 5.74) is 0.551. The molecule has 1 spiro atoms. The van der Waals surface area contributed by atoms with Crippen LogP contribution in [0.5, 0.6) is 0 Å². The predicted octanol–water partition coefficient (Wildman–Crippen LogP) is 3.09. The molecule has 1 saturated carbocycles. The lowest BCUT2D eigenvalue weighted by Gasteiger charge is -2.50. The molecule has 2 nitrogen and oxygen atoms in total. The van der Waals surface area contributed by atoms with Gasteiger partial charge in [0, 0.05) is 6.04 Å². The Hall–Kier alpha value is 0.360. The van der Waals surface area contributed by atoms with E-state index in [1.54, 1.807) is 0 Å². The molecule has 3 fully saturated rings. The third-order valence-corrected chi connectivity index (χ3v) is 5.07. The summed E-state index contributed by atoms with van der Waals surface area (Å²) < 4.78 is 25.7. The van der Waals surface area contributed by atoms with Crippen LogP contribution in [0.2, 0.25) is 0 Å². The molecule has 114 valence electrons. The van der Waals surface area contributed by atoms with Crippen molar-refractivity contribution in [2.24, 2.45) is 5.41 Å². The molecule has 0 aromatic rings. The zero-order chi connectivity index (χ0) is 11.9. The first-order valence-corrected chi connectivity index (χ1v) is 6.91. The van der Waals surface area contributed by atoms with E-state index < -0.39 is 5.92 Å². The van der Waals surface area contributed by atoms with Crippen LogP contribution >= 0.6 is 24.8 Å². The van der Waals surface area contributed by atoms with Gasteiger partial charge in [0.25, 0.3) is 5.92 Å². The zero-order valence-corrected chi connectivity index (χ0v) is 12.8. The first-order valence-electron chi connectivity index (χ1n) is 6.91. The molecule has 19 heavy (non-hydrogen) atoms. The van der Waals surface area contributed by atoms with E-state index in [0.717, 1.165) is 25.9 Å². The van der Waals surface area contributed by atoms with E-state index in [-0.39, 0.29) is 37.9 Å². The van der Waals surface area contributed by atoms with Crippen LogP contribution in [0.15, 0.2) is 0 Å². The Balaban J connectivity index is 0.000000902. The predicted molar refractivity (Wildman–Crippen MR) is 77.8 cm³/mol. The maximum Gasteiger partial charge on any atom is 0.272 e. The summed E-state index contributed by atoms with van der Waals surface area (Å²) in [6.07, 6.45) is 7.35. The Morgan fingerprint density at radius 2 is 1.42 bits per heavy atom. The molecular weight excluding hydrogens is 293 g/mol. The quantitative estimate of drug-likeness (QED) is 0.799. The first-order chi connectivity index (χ1) is 8.09. The van der Waals surface area contributed by atoms with E-state index in [4.69, 9.17) is 0 Å². The third-order valence-electron chi connectivity index (χ3n) is 5.07. The molecular formula is C13H24Cl2F2N2. The number of hydrogen-bond acceptors (Lipinski definition) is 2. The summed E-state index contributed by atoms with van der Waals surface area (Å²) in [5, 5.41) is 3.41. The summed E-state index contributed by atoms with van der Waals surface area (Å²) in [4.78, 5) is 1.99. The second-order valence-electron chi connectivity index (χ2n) is 6.24. The number of piperidine rings is 1. The van der Waals surface area contributed by atoms with E-state index >= 15 is 0 Å². The van der Waals surface area contributed by atoms with Gasteiger partial charge < -0.3 is 5.32 Å². The molecule has 0 atom stereocenters. The molecule has 3 aliphatic rings. The van der Waals surface area contributed by atoms with Crippen molar-refractivity contribution >= 4 is 24.8 Å². The van der Waals surface area contributed by atoms with E-state index in [1.165, 1.54) is 25.7 Å². The van der Waals surface area contributed by atoms with Gasteiger partial charge in [-0.2, -0.15) is 0 Å². The second-order valence-corrected chi connectivity index (χ2v) is 6.24. The summed E-state index contributed by atoms with van der Waals surface area (Å²) in [5.74, 6) is -2.40. The summed E-state index contributed by atoms with van der Waals surface area (Å²) in [6, 6.07) is 0.440. The lowest BCUT2D eigenvalue weighted by molar-refractivity contribution is -0.153. The van der Waals surface area contributed by atoms with Crippen molar-refractivity contribution in [2.45, 2.75) is 50.5 Å². The van der Waals surface area contributed by atoms with Crippen molar-refractivity contribution in [3.63, 3.8) is 0 Å². The van der Waals surface area contributed by atoms with Gasteiger partial charge in [-0.1, -0.05) is 0 Å². The fourth-order valence-corrected chi connectivity index (χ4v) is 3.84. The first kappa shape index (κ1) is 17.4. The highest BCUT2D eigenvalue weighted by Gasteiger charge is 2.48. The minimum absolute atomic E-state index is 0. The Kier molecular flexibility index (Phi) is 5.88. The number of nitrogens with zero attached hydrogens (tertiary/aromatic N) is 1. The number of alkyl halides is 2. The molecule has 0 aromatic carbocycles. The van der Waals surface area contributed by atoms with Crippen LogP contribution in [0, 0.1) is 5.41 Å². The highest BCUT2D eigenvalue weighted by atomic mass is 35.5. The molecule has 1 N–H and O–H groups in total. The van der Waals surface area contributed by atoms with Crippen molar-refractivity contribution in [3.8, 4) is 0 Å². The maximum atomic E-state index is 12.8. The Bertz CT molecular complexity index is 278. The largest absolute Gasteiger partial charge is 0.317 e. The standard InChI is InChI=1S/C13H22F2N2.2ClH/c14-13(15)9-17(10-13)11-1-3-12(4-2-11)5-7-16-8-6-12;;/h11,16H,1-10H2;2*1H. The molecule has 0 unspecified atom stereocenters. The van der Waals surface area contributed by atoms with E-state index in [1.807, 2.05) is 4.90 Å². The topological polar surface area (TPSA) is 15.3 Å². The molecule has 2 heterocycles. The molecule has 2 saturated heterocycles. The third kappa shape index (κ3) is 3.72. The monoisotopic (exact) mass is 316 g/mol. The van der Waals surface area contributed by atoms with Crippen LogP contribution < -0.4 is 5.32 Å². The second kappa shape index (κ2) is 6.42. The molecule has 1 aliphatic carbocycles. The van der Waals surface area contributed by atoms with E-state index in [9.17, 15) is 8.78 Å². The van der Waals surface area contributed by atoms with Gasteiger partial charge in [0.1, 0.15) is 0 Å². The van der Waals surface area contributed by atoms with Gasteiger partial charge in [0.15, 0.2) is 0 Å². The highest BCUT2D eigenvalue weighted by molar-refractivity contribution is 5.85. The zero-order valence-electron chi connectivity index (χ0n) is 11.2. The van der Waals surface area contributed by atoms with Crippen LogP contribution in [0.25, 0.3) is 0 Å². The molecule has 2 aliphatic heterocycles. The average Bonchev–Trinajstić information content (AvgIpc) is 2.28. The van der Waals surface area contributed by atoms with Gasteiger partial charge in [0.2, 0.25) is 0 Å². The van der Waals surface area contributed by atoms with Crippen molar-refractivity contribution in [3.05, 3.63) is 0 Å². The van der Waals surface area contributed by atoms with Crippen molar-refractivity contribution in [2.75, 3.05) is 26.2 Å². The number of likely N-dealkylation sites (tertiary alicyclic amines) is 1. The maximum absolute atomic E-state index is 12.8. The van der Waals surface area contributed by atoms with Gasteiger partial charge in [0.05, 0.1) is 13.1 Å². The minimum Gasteiger partial charge on any atom is -0.317 e. The number of halogens is 4. The van der Waals surface area contributed by atoms with Crippen molar-refractivity contribution in [1.82, 2.24) is 10.2 Å². The smallest absolute Gasteiger partial charge is 0.272 e. The molecule has 0 bridgehead atoms.